The first kappa shape index (κ1) is 11.5. The summed E-state index contributed by atoms with van der Waals surface area (Å²) in [5.74, 6) is 0.459. The molecule has 1 nitrogen and oxygen atoms in total. The third-order valence-electron chi connectivity index (χ3n) is 1.91. The summed E-state index contributed by atoms with van der Waals surface area (Å²) in [7, 11) is 0. The third-order valence-corrected chi connectivity index (χ3v) is 2.52. The molecule has 0 atom stereocenters. The van der Waals surface area contributed by atoms with Crippen molar-refractivity contribution in [3.63, 3.8) is 0 Å². The molecule has 0 aliphatic heterocycles. The number of hydrogen-bond acceptors (Lipinski definition) is 1. The summed E-state index contributed by atoms with van der Waals surface area (Å²) in [6, 6.07) is 4.70. The Morgan fingerprint density at radius 2 is 2.14 bits per heavy atom. The van der Waals surface area contributed by atoms with E-state index in [0.717, 1.165) is 12.2 Å². The molecule has 0 heterocycles. The molecular weight excluding hydrogens is 247 g/mol. The zero-order chi connectivity index (χ0) is 10.4. The molecule has 0 aliphatic rings. The molecule has 0 unspecified atom stereocenters. The van der Waals surface area contributed by atoms with E-state index in [9.17, 15) is 4.39 Å². The quantitative estimate of drug-likeness (QED) is 0.723. The van der Waals surface area contributed by atoms with E-state index in [2.05, 4.69) is 22.9 Å². The number of unbranched alkanes of at least 4 members (excludes halogenated alkanes) is 2. The zero-order valence-corrected chi connectivity index (χ0v) is 9.81. The molecule has 0 spiro atoms. The Hall–Kier alpha value is -0.570. The van der Waals surface area contributed by atoms with Crippen molar-refractivity contribution in [1.82, 2.24) is 0 Å². The first-order valence-electron chi connectivity index (χ1n) is 4.82. The van der Waals surface area contributed by atoms with Gasteiger partial charge in [0.15, 0.2) is 0 Å². The first-order valence-corrected chi connectivity index (χ1v) is 5.61. The Labute approximate surface area is 92.4 Å². The highest BCUT2D eigenvalue weighted by Crippen LogP contribution is 2.21. The lowest BCUT2D eigenvalue weighted by Gasteiger charge is -2.05. The van der Waals surface area contributed by atoms with Crippen molar-refractivity contribution >= 4 is 15.9 Å². The van der Waals surface area contributed by atoms with E-state index < -0.39 is 0 Å². The van der Waals surface area contributed by atoms with Crippen LogP contribution in [0.5, 0.6) is 5.75 Å². The first-order chi connectivity index (χ1) is 6.74. The van der Waals surface area contributed by atoms with Crippen molar-refractivity contribution in [3.05, 3.63) is 28.5 Å². The second-order valence-corrected chi connectivity index (χ2v) is 3.99. The van der Waals surface area contributed by atoms with Crippen LogP contribution >= 0.6 is 15.9 Å². The number of hydrogen-bond donors (Lipinski definition) is 0. The highest BCUT2D eigenvalue weighted by atomic mass is 79.9. The molecule has 78 valence electrons. The Balaban J connectivity index is 2.39. The minimum absolute atomic E-state index is 0.258. The Morgan fingerprint density at radius 1 is 1.36 bits per heavy atom. The van der Waals surface area contributed by atoms with Gasteiger partial charge in [-0.25, -0.2) is 4.39 Å². The fourth-order valence-electron chi connectivity index (χ4n) is 1.11. The van der Waals surface area contributed by atoms with Crippen molar-refractivity contribution in [3.8, 4) is 5.75 Å². The summed E-state index contributed by atoms with van der Waals surface area (Å²) in [6.45, 7) is 2.85. The van der Waals surface area contributed by atoms with Gasteiger partial charge >= 0.3 is 0 Å². The fraction of sp³-hybridized carbons (Fsp3) is 0.455. The van der Waals surface area contributed by atoms with Gasteiger partial charge < -0.3 is 4.74 Å². The lowest BCUT2D eigenvalue weighted by Crippen LogP contribution is -1.97. The van der Waals surface area contributed by atoms with Gasteiger partial charge in [-0.2, -0.15) is 0 Å². The van der Waals surface area contributed by atoms with E-state index in [-0.39, 0.29) is 5.82 Å². The van der Waals surface area contributed by atoms with Crippen LogP contribution in [0.3, 0.4) is 0 Å². The van der Waals surface area contributed by atoms with Gasteiger partial charge in [0.25, 0.3) is 0 Å². The van der Waals surface area contributed by atoms with Gasteiger partial charge in [-0.15, -0.1) is 0 Å². The molecular formula is C11H14BrFO. The maximum absolute atomic E-state index is 12.8. The number of ether oxygens (including phenoxy) is 1. The van der Waals surface area contributed by atoms with E-state index in [1.165, 1.54) is 18.9 Å². The normalized spacial score (nSPS) is 10.2. The predicted molar refractivity (Wildman–Crippen MR) is 59.1 cm³/mol. The van der Waals surface area contributed by atoms with Gasteiger partial charge in [0.1, 0.15) is 11.6 Å². The largest absolute Gasteiger partial charge is 0.494 e. The standard InChI is InChI=1S/C11H14BrFO/c1-2-3-4-7-14-9-5-6-11(13)10(12)8-9/h5-6,8H,2-4,7H2,1H3. The minimum atomic E-state index is -0.258. The number of rotatable bonds is 5. The lowest BCUT2D eigenvalue weighted by molar-refractivity contribution is 0.305. The van der Waals surface area contributed by atoms with Crippen LogP contribution in [0.15, 0.2) is 22.7 Å². The fourth-order valence-corrected chi connectivity index (χ4v) is 1.47. The molecule has 0 N–H and O–H groups in total. The van der Waals surface area contributed by atoms with Crippen LogP contribution in [0, 0.1) is 5.82 Å². The van der Waals surface area contributed by atoms with E-state index >= 15 is 0 Å². The van der Waals surface area contributed by atoms with Crippen LogP contribution < -0.4 is 4.74 Å². The smallest absolute Gasteiger partial charge is 0.137 e. The van der Waals surface area contributed by atoms with Crippen LogP contribution in [0.25, 0.3) is 0 Å². The van der Waals surface area contributed by atoms with Crippen molar-refractivity contribution < 1.29 is 9.13 Å². The van der Waals surface area contributed by atoms with Crippen molar-refractivity contribution in [1.29, 1.82) is 0 Å². The minimum Gasteiger partial charge on any atom is -0.494 e. The molecule has 0 bridgehead atoms. The van der Waals surface area contributed by atoms with Gasteiger partial charge in [0, 0.05) is 0 Å². The van der Waals surface area contributed by atoms with Crippen LogP contribution in [-0.2, 0) is 0 Å². The van der Waals surface area contributed by atoms with Gasteiger partial charge in [-0.3, -0.25) is 0 Å². The van der Waals surface area contributed by atoms with Crippen LogP contribution in [-0.4, -0.2) is 6.61 Å². The SMILES string of the molecule is CCCCCOc1ccc(F)c(Br)c1. The average molecular weight is 261 g/mol. The van der Waals surface area contributed by atoms with Crippen LogP contribution in [0.4, 0.5) is 4.39 Å². The van der Waals surface area contributed by atoms with Crippen LogP contribution in [0.2, 0.25) is 0 Å². The summed E-state index contributed by atoms with van der Waals surface area (Å²) >= 11 is 3.11. The molecule has 0 radical (unpaired) electrons. The molecule has 0 fully saturated rings. The molecule has 0 aliphatic carbocycles. The monoisotopic (exact) mass is 260 g/mol. The van der Waals surface area contributed by atoms with E-state index in [1.807, 2.05) is 0 Å². The van der Waals surface area contributed by atoms with E-state index in [0.29, 0.717) is 11.1 Å². The number of benzene rings is 1. The van der Waals surface area contributed by atoms with Gasteiger partial charge in [0.05, 0.1) is 11.1 Å². The molecule has 0 saturated carbocycles. The highest BCUT2D eigenvalue weighted by Gasteiger charge is 2.00. The molecule has 0 saturated heterocycles. The molecule has 14 heavy (non-hydrogen) atoms. The second kappa shape index (κ2) is 6.02. The Morgan fingerprint density at radius 3 is 2.79 bits per heavy atom. The van der Waals surface area contributed by atoms with Gasteiger partial charge in [0.2, 0.25) is 0 Å². The third kappa shape index (κ3) is 3.66. The molecule has 3 heteroatoms. The van der Waals surface area contributed by atoms with Gasteiger partial charge in [-0.1, -0.05) is 19.8 Å². The lowest BCUT2D eigenvalue weighted by atomic mass is 10.3. The average Bonchev–Trinajstić information content (AvgIpc) is 2.18. The summed E-state index contributed by atoms with van der Waals surface area (Å²) in [5, 5.41) is 0. The maximum atomic E-state index is 12.8. The van der Waals surface area contributed by atoms with E-state index in [4.69, 9.17) is 4.74 Å². The van der Waals surface area contributed by atoms with Crippen LogP contribution in [0.1, 0.15) is 26.2 Å². The molecule has 1 aromatic rings. The van der Waals surface area contributed by atoms with Gasteiger partial charge in [-0.05, 0) is 40.5 Å². The predicted octanol–water partition coefficient (Wildman–Crippen LogP) is 4.16. The maximum Gasteiger partial charge on any atom is 0.137 e. The molecule has 1 aromatic carbocycles. The van der Waals surface area contributed by atoms with E-state index in [1.54, 1.807) is 12.1 Å². The Bertz CT molecular complexity index is 289. The topological polar surface area (TPSA) is 9.23 Å². The molecule has 0 aromatic heterocycles. The zero-order valence-electron chi connectivity index (χ0n) is 8.22. The summed E-state index contributed by atoms with van der Waals surface area (Å²) in [5.41, 5.74) is 0. The highest BCUT2D eigenvalue weighted by molar-refractivity contribution is 9.10. The second-order valence-electron chi connectivity index (χ2n) is 3.13. The number of halogens is 2. The summed E-state index contributed by atoms with van der Waals surface area (Å²) in [4.78, 5) is 0. The van der Waals surface area contributed by atoms with Crippen molar-refractivity contribution in [2.24, 2.45) is 0 Å². The van der Waals surface area contributed by atoms with Crippen molar-refractivity contribution in [2.75, 3.05) is 6.61 Å². The molecule has 0 amide bonds. The molecule has 1 rings (SSSR count). The summed E-state index contributed by atoms with van der Waals surface area (Å²) in [6.07, 6.45) is 3.39. The summed E-state index contributed by atoms with van der Waals surface area (Å²) < 4.78 is 18.7. The Kier molecular flexibility index (Phi) is 4.94. The van der Waals surface area contributed by atoms with Crippen molar-refractivity contribution in [2.45, 2.75) is 26.2 Å².